The number of hydrogen-bond donors (Lipinski definition) is 2. The number of allylic oxidation sites excluding steroid dienone is 2. The Morgan fingerprint density at radius 1 is 1.31 bits per heavy atom. The fourth-order valence-corrected chi connectivity index (χ4v) is 3.26. The predicted molar refractivity (Wildman–Crippen MR) is 98.6 cm³/mol. The van der Waals surface area contributed by atoms with Crippen LogP contribution in [0.5, 0.6) is 0 Å². The fourth-order valence-electron chi connectivity index (χ4n) is 3.26. The number of rotatable bonds is 6. The summed E-state index contributed by atoms with van der Waals surface area (Å²) < 4.78 is 5.53. The summed E-state index contributed by atoms with van der Waals surface area (Å²) in [6.07, 6.45) is 10.5. The van der Waals surface area contributed by atoms with E-state index in [0.29, 0.717) is 25.9 Å². The first-order valence-corrected chi connectivity index (χ1v) is 9.39. The molecule has 0 aromatic heterocycles. The summed E-state index contributed by atoms with van der Waals surface area (Å²) in [7, 11) is 0. The minimum Gasteiger partial charge on any atom is -0.459 e. The highest BCUT2D eigenvalue weighted by molar-refractivity contribution is 5.97. The number of hydrogen-bond acceptors (Lipinski definition) is 4. The largest absolute Gasteiger partial charge is 0.459 e. The van der Waals surface area contributed by atoms with Gasteiger partial charge in [-0.05, 0) is 31.8 Å². The summed E-state index contributed by atoms with van der Waals surface area (Å²) in [6, 6.07) is -0.960. The van der Waals surface area contributed by atoms with Crippen LogP contribution in [0.15, 0.2) is 23.8 Å². The normalized spacial score (nSPS) is 20.2. The minimum absolute atomic E-state index is 0.174. The Hall–Kier alpha value is -2.31. The van der Waals surface area contributed by atoms with Crippen molar-refractivity contribution >= 4 is 18.0 Å². The monoisotopic (exact) mass is 363 g/mol. The van der Waals surface area contributed by atoms with E-state index in [4.69, 9.17) is 4.74 Å². The summed E-state index contributed by atoms with van der Waals surface area (Å²) in [5.74, 6) is -0.422. The molecule has 7 heteroatoms. The first kappa shape index (κ1) is 20.0. The molecule has 7 nitrogen and oxygen atoms in total. The molecule has 1 aliphatic carbocycles. The van der Waals surface area contributed by atoms with Gasteiger partial charge < -0.3 is 15.4 Å². The Labute approximate surface area is 154 Å². The smallest absolute Gasteiger partial charge is 0.332 e. The van der Waals surface area contributed by atoms with Crippen molar-refractivity contribution in [1.82, 2.24) is 15.5 Å². The topological polar surface area (TPSA) is 87.7 Å². The van der Waals surface area contributed by atoms with Crippen LogP contribution in [0.2, 0.25) is 0 Å². The van der Waals surface area contributed by atoms with Crippen LogP contribution in [0.1, 0.15) is 52.4 Å². The Balaban J connectivity index is 2.05. The molecule has 2 N–H and O–H groups in total. The lowest BCUT2D eigenvalue weighted by molar-refractivity contribution is -0.151. The zero-order valence-electron chi connectivity index (χ0n) is 15.7. The lowest BCUT2D eigenvalue weighted by Crippen LogP contribution is -2.59. The molecule has 2 aliphatic rings. The molecule has 1 saturated carbocycles. The van der Waals surface area contributed by atoms with Gasteiger partial charge in [0.15, 0.2) is 0 Å². The molecule has 0 aromatic rings. The second kappa shape index (κ2) is 9.40. The van der Waals surface area contributed by atoms with Crippen LogP contribution in [0, 0.1) is 0 Å². The van der Waals surface area contributed by atoms with Crippen LogP contribution >= 0.6 is 0 Å². The second-order valence-corrected chi connectivity index (χ2v) is 6.71. The van der Waals surface area contributed by atoms with Gasteiger partial charge in [-0.15, -0.1) is 0 Å². The molecule has 2 rings (SSSR count). The molecule has 0 atom stereocenters. The van der Waals surface area contributed by atoms with Crippen LogP contribution in [-0.4, -0.2) is 48.2 Å². The molecular formula is C19H29N3O4. The van der Waals surface area contributed by atoms with Crippen LogP contribution in [0.4, 0.5) is 9.59 Å². The predicted octanol–water partition coefficient (Wildman–Crippen LogP) is 2.88. The van der Waals surface area contributed by atoms with E-state index in [1.807, 2.05) is 32.1 Å². The van der Waals surface area contributed by atoms with E-state index in [9.17, 15) is 14.4 Å². The van der Waals surface area contributed by atoms with E-state index in [1.54, 1.807) is 0 Å². The highest BCUT2D eigenvalue weighted by Crippen LogP contribution is 2.30. The molecule has 1 aliphatic heterocycles. The van der Waals surface area contributed by atoms with Crippen LogP contribution in [-0.2, 0) is 9.53 Å². The number of carbonyl (C=O) groups is 3. The molecule has 0 bridgehead atoms. The standard InChI is InChI=1S/C19H29N3O4/c1-3-5-9-15(4-2)14-26-16(23)19(10-7-6-8-11-19)21-18(25)22-13-12-20-17(22)24/h4-5,9H,3,6-8,10-14H2,1-2H3,(H,20,24)(H,21,25)/b9-5-,15-4+. The minimum atomic E-state index is -1.05. The highest BCUT2D eigenvalue weighted by Gasteiger charge is 2.44. The maximum Gasteiger partial charge on any atom is 0.332 e. The van der Waals surface area contributed by atoms with Gasteiger partial charge in [-0.3, -0.25) is 0 Å². The van der Waals surface area contributed by atoms with E-state index in [0.717, 1.165) is 36.2 Å². The quantitative estimate of drug-likeness (QED) is 0.561. The third kappa shape index (κ3) is 4.86. The summed E-state index contributed by atoms with van der Waals surface area (Å²) in [4.78, 5) is 38.1. The number of ether oxygens (including phenoxy) is 1. The molecule has 0 aromatic carbocycles. The Kier molecular flexibility index (Phi) is 7.24. The SMILES string of the molecule is C/C=C(\C=C/CC)COC(=O)C1(NC(=O)N2CCNC2=O)CCCCC1. The fraction of sp³-hybridized carbons (Fsp3) is 0.632. The van der Waals surface area contributed by atoms with Gasteiger partial charge in [-0.2, -0.15) is 0 Å². The molecule has 1 saturated heterocycles. The maximum atomic E-state index is 12.8. The first-order valence-electron chi connectivity index (χ1n) is 9.39. The summed E-state index contributed by atoms with van der Waals surface area (Å²) in [5.41, 5.74) is -0.137. The van der Waals surface area contributed by atoms with E-state index in [1.165, 1.54) is 0 Å². The molecule has 0 unspecified atom stereocenters. The van der Waals surface area contributed by atoms with Crippen LogP contribution < -0.4 is 10.6 Å². The molecule has 26 heavy (non-hydrogen) atoms. The summed E-state index contributed by atoms with van der Waals surface area (Å²) >= 11 is 0. The van der Waals surface area contributed by atoms with E-state index < -0.39 is 23.6 Å². The van der Waals surface area contributed by atoms with Gasteiger partial charge in [-0.25, -0.2) is 19.3 Å². The summed E-state index contributed by atoms with van der Waals surface area (Å²) in [5, 5.41) is 5.40. The lowest BCUT2D eigenvalue weighted by Gasteiger charge is -2.36. The van der Waals surface area contributed by atoms with Gasteiger partial charge >= 0.3 is 18.0 Å². The Bertz CT molecular complexity index is 592. The average molecular weight is 363 g/mol. The van der Waals surface area contributed by atoms with Crippen molar-refractivity contribution in [2.45, 2.75) is 57.9 Å². The summed E-state index contributed by atoms with van der Waals surface area (Å²) in [6.45, 7) is 4.84. The second-order valence-electron chi connectivity index (χ2n) is 6.71. The van der Waals surface area contributed by atoms with Gasteiger partial charge in [0.2, 0.25) is 0 Å². The number of esters is 1. The van der Waals surface area contributed by atoms with Crippen molar-refractivity contribution in [3.63, 3.8) is 0 Å². The first-order chi connectivity index (χ1) is 12.5. The van der Waals surface area contributed by atoms with Crippen molar-refractivity contribution < 1.29 is 19.1 Å². The number of imide groups is 1. The molecule has 0 spiro atoms. The number of nitrogens with zero attached hydrogens (tertiary/aromatic N) is 1. The van der Waals surface area contributed by atoms with Gasteiger partial charge in [0.05, 0.1) is 0 Å². The molecule has 4 amide bonds. The molecule has 0 radical (unpaired) electrons. The van der Waals surface area contributed by atoms with Gasteiger partial charge in [0, 0.05) is 13.1 Å². The van der Waals surface area contributed by atoms with Crippen molar-refractivity contribution in [3.8, 4) is 0 Å². The Morgan fingerprint density at radius 2 is 2.04 bits per heavy atom. The Morgan fingerprint density at radius 3 is 2.62 bits per heavy atom. The van der Waals surface area contributed by atoms with Crippen molar-refractivity contribution in [3.05, 3.63) is 23.8 Å². The van der Waals surface area contributed by atoms with E-state index in [-0.39, 0.29) is 6.61 Å². The van der Waals surface area contributed by atoms with Crippen LogP contribution in [0.3, 0.4) is 0 Å². The van der Waals surface area contributed by atoms with Gasteiger partial charge in [0.25, 0.3) is 0 Å². The zero-order chi connectivity index (χ0) is 19.0. The van der Waals surface area contributed by atoms with Crippen molar-refractivity contribution in [2.75, 3.05) is 19.7 Å². The number of carbonyl (C=O) groups excluding carboxylic acids is 3. The third-order valence-corrected chi connectivity index (χ3v) is 4.85. The number of nitrogens with one attached hydrogen (secondary N) is 2. The number of amides is 4. The average Bonchev–Trinajstić information content (AvgIpc) is 3.08. The zero-order valence-corrected chi connectivity index (χ0v) is 15.7. The number of urea groups is 2. The van der Waals surface area contributed by atoms with E-state index in [2.05, 4.69) is 10.6 Å². The lowest BCUT2D eigenvalue weighted by atomic mass is 9.81. The maximum absolute atomic E-state index is 12.8. The highest BCUT2D eigenvalue weighted by atomic mass is 16.5. The van der Waals surface area contributed by atoms with Gasteiger partial charge in [-0.1, -0.05) is 44.4 Å². The van der Waals surface area contributed by atoms with E-state index >= 15 is 0 Å². The van der Waals surface area contributed by atoms with Crippen molar-refractivity contribution in [2.24, 2.45) is 0 Å². The third-order valence-electron chi connectivity index (χ3n) is 4.85. The molecule has 2 fully saturated rings. The molecule has 1 heterocycles. The van der Waals surface area contributed by atoms with Gasteiger partial charge in [0.1, 0.15) is 12.1 Å². The van der Waals surface area contributed by atoms with Crippen molar-refractivity contribution in [1.29, 1.82) is 0 Å². The molecular weight excluding hydrogens is 334 g/mol. The molecule has 144 valence electrons. The van der Waals surface area contributed by atoms with Crippen LogP contribution in [0.25, 0.3) is 0 Å².